The van der Waals surface area contributed by atoms with E-state index in [9.17, 15) is 4.79 Å². The Morgan fingerprint density at radius 3 is 2.35 bits per heavy atom. The molecule has 23 heavy (non-hydrogen) atoms. The van der Waals surface area contributed by atoms with E-state index in [0.717, 1.165) is 56.7 Å². The summed E-state index contributed by atoms with van der Waals surface area (Å²) in [7, 11) is 0. The molecule has 0 radical (unpaired) electrons. The van der Waals surface area contributed by atoms with E-state index in [-0.39, 0.29) is 5.91 Å². The van der Waals surface area contributed by atoms with Gasteiger partial charge in [0.2, 0.25) is 5.91 Å². The molecule has 1 aromatic carbocycles. The smallest absolute Gasteiger partial charge is 0.219 e. The third-order valence-electron chi connectivity index (χ3n) is 3.93. The molecule has 0 bridgehead atoms. The molecule has 1 aromatic rings. The van der Waals surface area contributed by atoms with Crippen molar-refractivity contribution in [1.82, 2.24) is 15.1 Å². The second kappa shape index (κ2) is 8.77. The van der Waals surface area contributed by atoms with Gasteiger partial charge in [0.15, 0.2) is 5.96 Å². The third-order valence-corrected chi connectivity index (χ3v) is 4.19. The van der Waals surface area contributed by atoms with Crippen LogP contribution in [0.25, 0.3) is 0 Å². The van der Waals surface area contributed by atoms with E-state index in [0.29, 0.717) is 0 Å². The number of benzene rings is 1. The van der Waals surface area contributed by atoms with Crippen LogP contribution < -0.4 is 5.32 Å². The average molecular weight is 337 g/mol. The van der Waals surface area contributed by atoms with Gasteiger partial charge in [-0.2, -0.15) is 0 Å². The van der Waals surface area contributed by atoms with E-state index in [4.69, 9.17) is 16.6 Å². The Labute approximate surface area is 143 Å². The first-order chi connectivity index (χ1) is 11.1. The van der Waals surface area contributed by atoms with E-state index >= 15 is 0 Å². The van der Waals surface area contributed by atoms with Crippen LogP contribution in [0.3, 0.4) is 0 Å². The van der Waals surface area contributed by atoms with Crippen LogP contribution in [-0.2, 0) is 11.2 Å². The number of nitrogens with zero attached hydrogens (tertiary/aromatic N) is 3. The molecule has 0 aromatic heterocycles. The van der Waals surface area contributed by atoms with Crippen molar-refractivity contribution >= 4 is 23.5 Å². The van der Waals surface area contributed by atoms with Gasteiger partial charge in [-0.1, -0.05) is 23.7 Å². The molecular weight excluding hydrogens is 312 g/mol. The van der Waals surface area contributed by atoms with Crippen molar-refractivity contribution in [2.75, 3.05) is 39.3 Å². The number of aliphatic imine (C=N–C) groups is 1. The van der Waals surface area contributed by atoms with Gasteiger partial charge in [-0.3, -0.25) is 9.79 Å². The molecule has 1 heterocycles. The molecule has 6 heteroatoms. The van der Waals surface area contributed by atoms with Gasteiger partial charge in [0, 0.05) is 51.2 Å². The SMILES string of the molecule is CCNC(=NCCc1ccc(Cl)cc1)N1CCN(C(C)=O)CC1. The average Bonchev–Trinajstić information content (AvgIpc) is 2.56. The highest BCUT2D eigenvalue weighted by Gasteiger charge is 2.20. The molecule has 0 spiro atoms. The maximum atomic E-state index is 11.4. The second-order valence-corrected chi connectivity index (χ2v) is 6.04. The highest BCUT2D eigenvalue weighted by Crippen LogP contribution is 2.10. The molecule has 0 saturated carbocycles. The Bertz CT molecular complexity index is 536. The van der Waals surface area contributed by atoms with Gasteiger partial charge in [0.25, 0.3) is 0 Å². The number of guanidine groups is 1. The molecule has 126 valence electrons. The van der Waals surface area contributed by atoms with E-state index < -0.39 is 0 Å². The van der Waals surface area contributed by atoms with Crippen LogP contribution >= 0.6 is 11.6 Å². The quantitative estimate of drug-likeness (QED) is 0.676. The number of nitrogens with one attached hydrogen (secondary N) is 1. The zero-order chi connectivity index (χ0) is 16.7. The zero-order valence-electron chi connectivity index (χ0n) is 13.9. The lowest BCUT2D eigenvalue weighted by Crippen LogP contribution is -2.53. The van der Waals surface area contributed by atoms with Gasteiger partial charge in [0.05, 0.1) is 0 Å². The van der Waals surface area contributed by atoms with Gasteiger partial charge in [0.1, 0.15) is 0 Å². The molecule has 2 rings (SSSR count). The summed E-state index contributed by atoms with van der Waals surface area (Å²) in [5, 5.41) is 4.10. The molecule has 0 aliphatic carbocycles. The Hall–Kier alpha value is -1.75. The molecular formula is C17H25ClN4O. The summed E-state index contributed by atoms with van der Waals surface area (Å²) in [5.41, 5.74) is 1.23. The number of hydrogen-bond donors (Lipinski definition) is 1. The number of carbonyl (C=O) groups is 1. The molecule has 5 nitrogen and oxygen atoms in total. The van der Waals surface area contributed by atoms with Crippen LogP contribution in [0.2, 0.25) is 5.02 Å². The summed E-state index contributed by atoms with van der Waals surface area (Å²) in [6.07, 6.45) is 0.888. The van der Waals surface area contributed by atoms with Crippen molar-refractivity contribution in [1.29, 1.82) is 0 Å². The van der Waals surface area contributed by atoms with Crippen molar-refractivity contribution in [3.8, 4) is 0 Å². The Kier molecular flexibility index (Phi) is 6.71. The second-order valence-electron chi connectivity index (χ2n) is 5.61. The van der Waals surface area contributed by atoms with E-state index in [1.807, 2.05) is 29.2 Å². The topological polar surface area (TPSA) is 47.9 Å². The molecule has 0 atom stereocenters. The number of carbonyl (C=O) groups excluding carboxylic acids is 1. The minimum absolute atomic E-state index is 0.148. The van der Waals surface area contributed by atoms with E-state index in [2.05, 4.69) is 17.1 Å². The van der Waals surface area contributed by atoms with Crippen LogP contribution in [0.15, 0.2) is 29.3 Å². The van der Waals surface area contributed by atoms with Crippen LogP contribution in [0.5, 0.6) is 0 Å². The maximum Gasteiger partial charge on any atom is 0.219 e. The van der Waals surface area contributed by atoms with Crippen LogP contribution in [-0.4, -0.2) is 60.9 Å². The number of halogens is 1. The highest BCUT2D eigenvalue weighted by atomic mass is 35.5. The summed E-state index contributed by atoms with van der Waals surface area (Å²) >= 11 is 5.90. The monoisotopic (exact) mass is 336 g/mol. The number of rotatable bonds is 4. The van der Waals surface area contributed by atoms with Crippen LogP contribution in [0, 0.1) is 0 Å². The van der Waals surface area contributed by atoms with Crippen molar-refractivity contribution in [2.45, 2.75) is 20.3 Å². The molecule has 1 amide bonds. The van der Waals surface area contributed by atoms with Crippen molar-refractivity contribution in [3.05, 3.63) is 34.9 Å². The normalized spacial score (nSPS) is 15.7. The van der Waals surface area contributed by atoms with Gasteiger partial charge >= 0.3 is 0 Å². The Morgan fingerprint density at radius 1 is 1.17 bits per heavy atom. The molecule has 1 aliphatic heterocycles. The largest absolute Gasteiger partial charge is 0.357 e. The molecule has 0 unspecified atom stereocenters. The molecule has 1 N–H and O–H groups in total. The first-order valence-corrected chi connectivity index (χ1v) is 8.51. The van der Waals surface area contributed by atoms with Crippen molar-refractivity contribution in [3.63, 3.8) is 0 Å². The molecule has 1 fully saturated rings. The first-order valence-electron chi connectivity index (χ1n) is 8.13. The van der Waals surface area contributed by atoms with Gasteiger partial charge in [-0.25, -0.2) is 0 Å². The number of hydrogen-bond acceptors (Lipinski definition) is 2. The maximum absolute atomic E-state index is 11.4. The summed E-state index contributed by atoms with van der Waals surface area (Å²) in [5.74, 6) is 1.08. The highest BCUT2D eigenvalue weighted by molar-refractivity contribution is 6.30. The van der Waals surface area contributed by atoms with Crippen molar-refractivity contribution < 1.29 is 4.79 Å². The predicted molar refractivity (Wildman–Crippen MR) is 95.0 cm³/mol. The van der Waals surface area contributed by atoms with E-state index in [1.165, 1.54) is 5.56 Å². The minimum Gasteiger partial charge on any atom is -0.357 e. The summed E-state index contributed by atoms with van der Waals surface area (Å²) in [4.78, 5) is 20.2. The lowest BCUT2D eigenvalue weighted by molar-refractivity contribution is -0.130. The standard InChI is InChI=1S/C17H25ClN4O/c1-3-19-17(22-12-10-21(11-13-22)14(2)23)20-9-8-15-4-6-16(18)7-5-15/h4-7H,3,8-13H2,1-2H3,(H,19,20). The minimum atomic E-state index is 0.148. The lowest BCUT2D eigenvalue weighted by Gasteiger charge is -2.36. The fourth-order valence-corrected chi connectivity index (χ4v) is 2.73. The van der Waals surface area contributed by atoms with Gasteiger partial charge in [-0.15, -0.1) is 0 Å². The number of piperazine rings is 1. The summed E-state index contributed by atoms with van der Waals surface area (Å²) in [6, 6.07) is 7.90. The number of amides is 1. The fourth-order valence-electron chi connectivity index (χ4n) is 2.60. The molecule has 1 saturated heterocycles. The first kappa shape index (κ1) is 17.6. The predicted octanol–water partition coefficient (Wildman–Crippen LogP) is 2.01. The summed E-state index contributed by atoms with van der Waals surface area (Å²) in [6.45, 7) is 8.44. The summed E-state index contributed by atoms with van der Waals surface area (Å²) < 4.78 is 0. The van der Waals surface area contributed by atoms with Gasteiger partial charge in [-0.05, 0) is 31.0 Å². The van der Waals surface area contributed by atoms with Crippen molar-refractivity contribution in [2.24, 2.45) is 4.99 Å². The zero-order valence-corrected chi connectivity index (χ0v) is 14.6. The third kappa shape index (κ3) is 5.43. The lowest BCUT2D eigenvalue weighted by atomic mass is 10.1. The van der Waals surface area contributed by atoms with Crippen LogP contribution in [0.1, 0.15) is 19.4 Å². The van der Waals surface area contributed by atoms with E-state index in [1.54, 1.807) is 6.92 Å². The Balaban J connectivity index is 1.89. The van der Waals surface area contributed by atoms with Gasteiger partial charge < -0.3 is 15.1 Å². The molecule has 1 aliphatic rings. The Morgan fingerprint density at radius 2 is 1.78 bits per heavy atom. The fraction of sp³-hybridized carbons (Fsp3) is 0.529. The van der Waals surface area contributed by atoms with Crippen LogP contribution in [0.4, 0.5) is 0 Å².